The molecule has 1 unspecified atom stereocenters. The first kappa shape index (κ1) is 21.1. The highest BCUT2D eigenvalue weighted by atomic mass is 35.6. The van der Waals surface area contributed by atoms with Crippen LogP contribution in [0.3, 0.4) is 0 Å². The zero-order chi connectivity index (χ0) is 13.7. The molecule has 0 amide bonds. The Morgan fingerprint density at radius 3 is 2.18 bits per heavy atom. The SMILES string of the molecule is [CH2][SiH2]C[Si](C)(C)CC(CC)CCCC.[Cl][Mg][Cl]. The van der Waals surface area contributed by atoms with Crippen LogP contribution in [0, 0.1) is 12.5 Å². The summed E-state index contributed by atoms with van der Waals surface area (Å²) in [5.41, 5.74) is 1.55. The molecule has 0 saturated heterocycles. The summed E-state index contributed by atoms with van der Waals surface area (Å²) in [5.74, 6) is 1.03. The molecular formula is C12H29Cl2MgSi2. The topological polar surface area (TPSA) is 0 Å². The van der Waals surface area contributed by atoms with Crippen LogP contribution in [0.5, 0.6) is 0 Å². The maximum atomic E-state index is 4.90. The molecule has 0 heterocycles. The second-order valence-electron chi connectivity index (χ2n) is 5.49. The largest absolute Gasteiger partial charge is 0.618 e. The van der Waals surface area contributed by atoms with Crippen molar-refractivity contribution in [3.63, 3.8) is 0 Å². The summed E-state index contributed by atoms with van der Waals surface area (Å²) in [6.07, 6.45) is 5.67. The number of rotatable bonds is 8. The van der Waals surface area contributed by atoms with E-state index in [2.05, 4.69) is 33.5 Å². The first-order chi connectivity index (χ1) is 7.97. The van der Waals surface area contributed by atoms with Gasteiger partial charge in [0, 0.05) is 17.6 Å². The van der Waals surface area contributed by atoms with Gasteiger partial charge < -0.3 is 18.1 Å². The van der Waals surface area contributed by atoms with Gasteiger partial charge in [0.25, 0.3) is 0 Å². The van der Waals surface area contributed by atoms with Gasteiger partial charge in [-0.15, -0.1) is 0 Å². The van der Waals surface area contributed by atoms with Crippen LogP contribution in [-0.4, -0.2) is 35.8 Å². The van der Waals surface area contributed by atoms with Crippen molar-refractivity contribution < 1.29 is 0 Å². The van der Waals surface area contributed by atoms with Crippen molar-refractivity contribution >= 4 is 53.9 Å². The Morgan fingerprint density at radius 1 is 1.29 bits per heavy atom. The number of hydrogen-bond donors (Lipinski definition) is 0. The van der Waals surface area contributed by atoms with E-state index in [4.69, 9.17) is 18.1 Å². The minimum Gasteiger partial charge on any atom is -0.309 e. The lowest BCUT2D eigenvalue weighted by Crippen LogP contribution is -2.30. The number of unbranched alkanes of at least 4 members (excludes halogenated alkanes) is 1. The van der Waals surface area contributed by atoms with E-state index in [0.717, 1.165) is 5.92 Å². The highest BCUT2D eigenvalue weighted by Crippen LogP contribution is 2.26. The van der Waals surface area contributed by atoms with Crippen molar-refractivity contribution in [2.75, 3.05) is 0 Å². The molecular weight excluding hydrogens is 296 g/mol. The van der Waals surface area contributed by atoms with Crippen molar-refractivity contribution in [2.24, 2.45) is 5.92 Å². The maximum Gasteiger partial charge on any atom is 0.618 e. The fraction of sp³-hybridized carbons (Fsp3) is 0.917. The van der Waals surface area contributed by atoms with E-state index < -0.39 is 26.2 Å². The Bertz CT molecular complexity index is 157. The Morgan fingerprint density at radius 2 is 1.82 bits per heavy atom. The van der Waals surface area contributed by atoms with Crippen LogP contribution in [0.2, 0.25) is 24.8 Å². The molecule has 17 heavy (non-hydrogen) atoms. The molecule has 0 saturated carbocycles. The molecule has 0 bridgehead atoms. The van der Waals surface area contributed by atoms with E-state index >= 15 is 0 Å². The predicted octanol–water partition coefficient (Wildman–Crippen LogP) is 4.83. The van der Waals surface area contributed by atoms with Gasteiger partial charge in [0.1, 0.15) is 0 Å². The van der Waals surface area contributed by atoms with Crippen molar-refractivity contribution in [1.82, 2.24) is 0 Å². The van der Waals surface area contributed by atoms with Crippen molar-refractivity contribution in [1.29, 1.82) is 0 Å². The van der Waals surface area contributed by atoms with Gasteiger partial charge in [-0.1, -0.05) is 70.9 Å². The first-order valence-corrected chi connectivity index (χ1v) is 16.6. The molecule has 0 nitrogen and oxygen atoms in total. The second kappa shape index (κ2) is 14.2. The van der Waals surface area contributed by atoms with Crippen LogP contribution in [-0.2, 0) is 0 Å². The normalized spacial score (nSPS) is 13.1. The molecule has 1 radical (unpaired) electrons. The van der Waals surface area contributed by atoms with E-state index in [0.29, 0.717) is 0 Å². The summed E-state index contributed by atoms with van der Waals surface area (Å²) in [7, 11) is 9.02. The summed E-state index contributed by atoms with van der Waals surface area (Å²) < 4.78 is 0. The fourth-order valence-electron chi connectivity index (χ4n) is 2.31. The minimum atomic E-state index is -0.838. The average Bonchev–Trinajstić information content (AvgIpc) is 2.25. The number of hydrogen-bond acceptors (Lipinski definition) is 0. The maximum absolute atomic E-state index is 4.90. The molecule has 0 spiro atoms. The molecule has 101 valence electrons. The van der Waals surface area contributed by atoms with E-state index in [1.807, 2.05) is 0 Å². The van der Waals surface area contributed by atoms with Gasteiger partial charge in [0.05, 0.1) is 0 Å². The Balaban J connectivity index is 0. The third-order valence-electron chi connectivity index (χ3n) is 3.24. The molecule has 0 aliphatic heterocycles. The molecule has 0 aliphatic carbocycles. The van der Waals surface area contributed by atoms with Gasteiger partial charge in [-0.3, -0.25) is 0 Å². The van der Waals surface area contributed by atoms with Crippen molar-refractivity contribution in [3.8, 4) is 0 Å². The van der Waals surface area contributed by atoms with Crippen LogP contribution in [0.1, 0.15) is 39.5 Å². The zero-order valence-electron chi connectivity index (χ0n) is 12.2. The smallest absolute Gasteiger partial charge is 0.309 e. The van der Waals surface area contributed by atoms with Crippen LogP contribution in [0.15, 0.2) is 0 Å². The Hall–Kier alpha value is 1.78. The molecule has 5 heteroatoms. The molecule has 0 rings (SSSR count). The van der Waals surface area contributed by atoms with E-state index in [1.165, 1.54) is 25.7 Å². The molecule has 0 fully saturated rings. The first-order valence-electron chi connectivity index (χ1n) is 6.88. The molecule has 0 N–H and O–H groups in total. The van der Waals surface area contributed by atoms with E-state index in [1.54, 1.807) is 11.7 Å². The standard InChI is InChI=1S/C12H29Si2.2ClH.Mg/c1-6-8-9-12(7-2)10-14(4,5)11-13-3;;;/h12H,3,6-11,13H2,1-2,4-5H3;2*1H;/q;;;+2/p-2. The summed E-state index contributed by atoms with van der Waals surface area (Å²) in [5, 5.41) is 0. The summed E-state index contributed by atoms with van der Waals surface area (Å²) in [6.45, 7) is 13.9. The number of halogens is 2. The lowest BCUT2D eigenvalue weighted by Gasteiger charge is -2.27. The summed E-state index contributed by atoms with van der Waals surface area (Å²) in [6, 6.07) is 1.56. The second-order valence-corrected chi connectivity index (χ2v) is 15.6. The predicted molar refractivity (Wildman–Crippen MR) is 91.8 cm³/mol. The molecule has 0 aromatic heterocycles. The lowest BCUT2D eigenvalue weighted by atomic mass is 10.0. The summed E-state index contributed by atoms with van der Waals surface area (Å²) in [4.78, 5) is 0. The Labute approximate surface area is 130 Å². The third kappa shape index (κ3) is 15.7. The van der Waals surface area contributed by atoms with Gasteiger partial charge in [-0.2, -0.15) is 0 Å². The monoisotopic (exact) mass is 323 g/mol. The molecule has 0 aromatic carbocycles. The molecule has 0 aromatic rings. The highest BCUT2D eigenvalue weighted by Gasteiger charge is 2.23. The highest BCUT2D eigenvalue weighted by molar-refractivity contribution is 7.22. The van der Waals surface area contributed by atoms with Crippen molar-refractivity contribution in [2.45, 2.75) is 64.3 Å². The van der Waals surface area contributed by atoms with E-state index in [-0.39, 0.29) is 9.52 Å². The zero-order valence-corrected chi connectivity index (χ0v) is 17.5. The van der Waals surface area contributed by atoms with Crippen LogP contribution < -0.4 is 0 Å². The van der Waals surface area contributed by atoms with E-state index in [9.17, 15) is 0 Å². The average molecular weight is 325 g/mol. The third-order valence-corrected chi connectivity index (χ3v) is 11.7. The molecule has 0 aliphatic rings. The minimum absolute atomic E-state index is 0.0518. The van der Waals surface area contributed by atoms with Gasteiger partial charge in [-0.05, 0) is 5.92 Å². The van der Waals surface area contributed by atoms with Gasteiger partial charge in [0.15, 0.2) is 0 Å². The molecule has 1 atom stereocenters. The van der Waals surface area contributed by atoms with Crippen LogP contribution in [0.4, 0.5) is 0 Å². The lowest BCUT2D eigenvalue weighted by molar-refractivity contribution is 0.486. The Kier molecular flexibility index (Phi) is 17.6. The van der Waals surface area contributed by atoms with Crippen LogP contribution in [0.25, 0.3) is 0 Å². The van der Waals surface area contributed by atoms with Gasteiger partial charge in [0.2, 0.25) is 0 Å². The quantitative estimate of drug-likeness (QED) is 0.561. The van der Waals surface area contributed by atoms with Gasteiger partial charge in [-0.25, -0.2) is 0 Å². The fourth-order valence-corrected chi connectivity index (χ4v) is 9.01. The van der Waals surface area contributed by atoms with Crippen LogP contribution >= 0.6 is 18.1 Å². The van der Waals surface area contributed by atoms with Gasteiger partial charge >= 0.3 is 18.2 Å². The van der Waals surface area contributed by atoms with Crippen molar-refractivity contribution in [3.05, 3.63) is 6.55 Å². The summed E-state index contributed by atoms with van der Waals surface area (Å²) >= 11 is -0.639.